The summed E-state index contributed by atoms with van der Waals surface area (Å²) in [6, 6.07) is 29.5. The number of para-hydroxylation sites is 2. The Hall–Kier alpha value is -3.61. The lowest BCUT2D eigenvalue weighted by molar-refractivity contribution is -0.113. The Morgan fingerprint density at radius 2 is 1.62 bits per heavy atom. The third-order valence-corrected chi connectivity index (χ3v) is 6.87. The zero-order valence-electron chi connectivity index (χ0n) is 18.4. The minimum absolute atomic E-state index is 0.179. The highest BCUT2D eigenvalue weighted by Crippen LogP contribution is 2.41. The van der Waals surface area contributed by atoms with Crippen LogP contribution in [-0.4, -0.2) is 17.3 Å². The van der Waals surface area contributed by atoms with Crippen molar-refractivity contribution in [2.24, 2.45) is 0 Å². The van der Waals surface area contributed by atoms with Gasteiger partial charge in [-0.3, -0.25) is 9.69 Å². The summed E-state index contributed by atoms with van der Waals surface area (Å²) in [5.74, 6) is 1.13. The van der Waals surface area contributed by atoms with Crippen molar-refractivity contribution in [3.63, 3.8) is 0 Å². The summed E-state index contributed by atoms with van der Waals surface area (Å²) in [4.78, 5) is 15.5. The zero-order valence-corrected chi connectivity index (χ0v) is 20.1. The van der Waals surface area contributed by atoms with Crippen LogP contribution in [0.5, 0.6) is 11.5 Å². The molecule has 0 aliphatic carbocycles. The van der Waals surface area contributed by atoms with Crippen molar-refractivity contribution in [1.29, 1.82) is 0 Å². The molecule has 0 unspecified atom stereocenters. The van der Waals surface area contributed by atoms with Gasteiger partial charge in [0.2, 0.25) is 0 Å². The number of hydrogen-bond acceptors (Lipinski definition) is 5. The Kier molecular flexibility index (Phi) is 6.34. The van der Waals surface area contributed by atoms with Gasteiger partial charge in [-0.1, -0.05) is 96.8 Å². The molecule has 0 aromatic heterocycles. The first kappa shape index (κ1) is 22.2. The highest BCUT2D eigenvalue weighted by atomic mass is 32.2. The zero-order chi connectivity index (χ0) is 23.5. The van der Waals surface area contributed by atoms with Gasteiger partial charge in [0.1, 0.15) is 18.1 Å². The van der Waals surface area contributed by atoms with E-state index < -0.39 is 0 Å². The summed E-state index contributed by atoms with van der Waals surface area (Å²) in [5, 5.41) is 2.08. The predicted molar refractivity (Wildman–Crippen MR) is 143 cm³/mol. The number of rotatable bonds is 6. The molecule has 34 heavy (non-hydrogen) atoms. The fourth-order valence-electron chi connectivity index (χ4n) is 3.91. The van der Waals surface area contributed by atoms with E-state index in [0.29, 0.717) is 33.0 Å². The molecule has 0 radical (unpaired) electrons. The van der Waals surface area contributed by atoms with E-state index in [9.17, 15) is 4.79 Å². The molecular formula is C28H21NO3S2. The van der Waals surface area contributed by atoms with Crippen molar-refractivity contribution in [1.82, 2.24) is 0 Å². The number of anilines is 1. The summed E-state index contributed by atoms with van der Waals surface area (Å²) in [5.41, 5.74) is 2.56. The molecule has 1 saturated heterocycles. The first-order valence-corrected chi connectivity index (χ1v) is 12.0. The highest BCUT2D eigenvalue weighted by molar-refractivity contribution is 8.27. The van der Waals surface area contributed by atoms with Gasteiger partial charge in [-0.2, -0.15) is 0 Å². The number of nitrogens with zero attached hydrogens (tertiary/aromatic N) is 1. The van der Waals surface area contributed by atoms with Crippen LogP contribution >= 0.6 is 24.0 Å². The maximum atomic E-state index is 13.5. The summed E-state index contributed by atoms with van der Waals surface area (Å²) in [7, 11) is 1.58. The van der Waals surface area contributed by atoms with E-state index in [1.54, 1.807) is 7.11 Å². The largest absolute Gasteiger partial charge is 0.495 e. The molecule has 4 nitrogen and oxygen atoms in total. The van der Waals surface area contributed by atoms with Crippen molar-refractivity contribution >= 4 is 56.7 Å². The maximum absolute atomic E-state index is 13.5. The minimum atomic E-state index is -0.179. The SMILES string of the molecule is COc1ccccc1N1C(=O)C(=Cc2c(OCc3ccccc3)ccc3ccccc23)SC1=S. The van der Waals surface area contributed by atoms with Crippen LogP contribution in [0.1, 0.15) is 11.1 Å². The Labute approximate surface area is 207 Å². The molecule has 1 heterocycles. The summed E-state index contributed by atoms with van der Waals surface area (Å²) in [6.07, 6.45) is 1.89. The average Bonchev–Trinajstić information content (AvgIpc) is 3.16. The summed E-state index contributed by atoms with van der Waals surface area (Å²) >= 11 is 6.86. The second-order valence-electron chi connectivity index (χ2n) is 7.66. The third-order valence-electron chi connectivity index (χ3n) is 5.56. The van der Waals surface area contributed by atoms with E-state index in [0.717, 1.165) is 21.9 Å². The molecule has 1 aliphatic heterocycles. The highest BCUT2D eigenvalue weighted by Gasteiger charge is 2.35. The standard InChI is InChI=1S/C28H21NO3S2/c1-31-25-14-8-7-13-23(25)29-27(30)26(34-28(29)33)17-22-21-12-6-5-11-20(21)15-16-24(22)32-18-19-9-3-2-4-10-19/h2-17H,18H2,1H3. The summed E-state index contributed by atoms with van der Waals surface area (Å²) < 4.78 is 12.1. The van der Waals surface area contributed by atoms with Crippen molar-refractivity contribution in [3.05, 3.63) is 107 Å². The fraction of sp³-hybridized carbons (Fsp3) is 0.0714. The topological polar surface area (TPSA) is 38.8 Å². The molecular weight excluding hydrogens is 462 g/mol. The van der Waals surface area contributed by atoms with E-state index in [2.05, 4.69) is 0 Å². The van der Waals surface area contributed by atoms with Crippen molar-refractivity contribution < 1.29 is 14.3 Å². The van der Waals surface area contributed by atoms with Crippen LogP contribution in [0, 0.1) is 0 Å². The number of benzene rings is 4. The normalized spacial score (nSPS) is 14.7. The fourth-order valence-corrected chi connectivity index (χ4v) is 5.17. The van der Waals surface area contributed by atoms with E-state index in [1.807, 2.05) is 97.1 Å². The maximum Gasteiger partial charge on any atom is 0.270 e. The molecule has 4 aromatic rings. The molecule has 0 N–H and O–H groups in total. The molecule has 0 spiro atoms. The van der Waals surface area contributed by atoms with E-state index in [-0.39, 0.29) is 5.91 Å². The number of thioether (sulfide) groups is 1. The Morgan fingerprint density at radius 1 is 0.882 bits per heavy atom. The summed E-state index contributed by atoms with van der Waals surface area (Å²) in [6.45, 7) is 0.433. The van der Waals surface area contributed by atoms with Crippen LogP contribution in [-0.2, 0) is 11.4 Å². The molecule has 168 valence electrons. The van der Waals surface area contributed by atoms with Crippen LogP contribution in [0.25, 0.3) is 16.8 Å². The lowest BCUT2D eigenvalue weighted by Gasteiger charge is -2.17. The van der Waals surface area contributed by atoms with Gasteiger partial charge in [0.05, 0.1) is 17.7 Å². The van der Waals surface area contributed by atoms with Gasteiger partial charge >= 0.3 is 0 Å². The quantitative estimate of drug-likeness (QED) is 0.222. The molecule has 1 amide bonds. The third kappa shape index (κ3) is 4.30. The van der Waals surface area contributed by atoms with Gasteiger partial charge in [0.15, 0.2) is 4.32 Å². The monoisotopic (exact) mass is 483 g/mol. The number of fused-ring (bicyclic) bond motifs is 1. The predicted octanol–water partition coefficient (Wildman–Crippen LogP) is 6.83. The first-order valence-electron chi connectivity index (χ1n) is 10.7. The molecule has 0 saturated carbocycles. The second-order valence-corrected chi connectivity index (χ2v) is 9.34. The number of carbonyl (C=O) groups is 1. The smallest absolute Gasteiger partial charge is 0.270 e. The number of ether oxygens (including phenoxy) is 2. The lowest BCUT2D eigenvalue weighted by Crippen LogP contribution is -2.27. The van der Waals surface area contributed by atoms with E-state index in [1.165, 1.54) is 16.7 Å². The molecule has 1 aliphatic rings. The van der Waals surface area contributed by atoms with Gasteiger partial charge in [0, 0.05) is 5.56 Å². The molecule has 0 bridgehead atoms. The minimum Gasteiger partial charge on any atom is -0.495 e. The van der Waals surface area contributed by atoms with Gasteiger partial charge < -0.3 is 9.47 Å². The molecule has 6 heteroatoms. The molecule has 1 fully saturated rings. The van der Waals surface area contributed by atoms with Crippen LogP contribution in [0.3, 0.4) is 0 Å². The molecule has 5 rings (SSSR count). The van der Waals surface area contributed by atoms with Crippen LogP contribution < -0.4 is 14.4 Å². The molecule has 0 atom stereocenters. The van der Waals surface area contributed by atoms with Gasteiger partial charge in [-0.15, -0.1) is 0 Å². The Bertz CT molecular complexity index is 1420. The van der Waals surface area contributed by atoms with Crippen molar-refractivity contribution in [2.75, 3.05) is 12.0 Å². The second kappa shape index (κ2) is 9.71. The number of methoxy groups -OCH3 is 1. The van der Waals surface area contributed by atoms with Crippen molar-refractivity contribution in [2.45, 2.75) is 6.61 Å². The van der Waals surface area contributed by atoms with Crippen molar-refractivity contribution in [3.8, 4) is 11.5 Å². The van der Waals surface area contributed by atoms with Gasteiger partial charge in [-0.25, -0.2) is 0 Å². The number of thiocarbonyl (C=S) groups is 1. The number of hydrogen-bond donors (Lipinski definition) is 0. The average molecular weight is 484 g/mol. The lowest BCUT2D eigenvalue weighted by atomic mass is 10.0. The Morgan fingerprint density at radius 3 is 2.44 bits per heavy atom. The van der Waals surface area contributed by atoms with Crippen LogP contribution in [0.15, 0.2) is 95.9 Å². The van der Waals surface area contributed by atoms with Gasteiger partial charge in [-0.05, 0) is 40.6 Å². The molecule has 4 aromatic carbocycles. The van der Waals surface area contributed by atoms with E-state index >= 15 is 0 Å². The number of carbonyl (C=O) groups excluding carboxylic acids is 1. The van der Waals surface area contributed by atoms with Crippen LogP contribution in [0.2, 0.25) is 0 Å². The van der Waals surface area contributed by atoms with Crippen LogP contribution in [0.4, 0.5) is 5.69 Å². The first-order chi connectivity index (χ1) is 16.7. The Balaban J connectivity index is 1.55. The van der Waals surface area contributed by atoms with E-state index in [4.69, 9.17) is 21.7 Å². The van der Waals surface area contributed by atoms with Gasteiger partial charge in [0.25, 0.3) is 5.91 Å². The number of amides is 1.